The fraction of sp³-hybridized carbons (Fsp3) is 0.643. The average Bonchev–Trinajstić information content (AvgIpc) is 2.75. The van der Waals surface area contributed by atoms with Crippen molar-refractivity contribution in [2.24, 2.45) is 11.7 Å². The molecule has 0 bridgehead atoms. The lowest BCUT2D eigenvalue weighted by Crippen LogP contribution is -2.38. The molecule has 1 rings (SSSR count). The number of esters is 1. The van der Waals surface area contributed by atoms with Crippen LogP contribution in [0, 0.1) is 5.92 Å². The van der Waals surface area contributed by atoms with E-state index in [1.54, 1.807) is 48.5 Å². The highest BCUT2D eigenvalue weighted by atomic mass is 16.8. The van der Waals surface area contributed by atoms with Gasteiger partial charge in [-0.3, -0.25) is 9.59 Å². The largest absolute Gasteiger partial charge is 0.514 e. The Morgan fingerprint density at radius 1 is 0.897 bits per heavy atom. The van der Waals surface area contributed by atoms with E-state index in [0.717, 1.165) is 6.42 Å². The Kier molecular flexibility index (Phi) is 12.2. The van der Waals surface area contributed by atoms with E-state index >= 15 is 0 Å². The average molecular weight is 554 g/mol. The van der Waals surface area contributed by atoms with Crippen molar-refractivity contribution in [3.8, 4) is 11.5 Å². The fourth-order valence-electron chi connectivity index (χ4n) is 3.41. The van der Waals surface area contributed by atoms with Crippen LogP contribution in [0.2, 0.25) is 0 Å². The first-order chi connectivity index (χ1) is 17.8. The van der Waals surface area contributed by atoms with Crippen molar-refractivity contribution in [1.82, 2.24) is 0 Å². The van der Waals surface area contributed by atoms with E-state index < -0.39 is 53.5 Å². The number of rotatable bonds is 11. The summed E-state index contributed by atoms with van der Waals surface area (Å²) in [6, 6.07) is 2.78. The normalized spacial score (nSPS) is 14.8. The van der Waals surface area contributed by atoms with E-state index in [1.165, 1.54) is 18.2 Å². The maximum absolute atomic E-state index is 12.4. The molecule has 3 N–H and O–H groups in total. The van der Waals surface area contributed by atoms with Crippen LogP contribution in [0.3, 0.4) is 0 Å². The Balaban J connectivity index is 3.36. The fourth-order valence-corrected chi connectivity index (χ4v) is 3.41. The van der Waals surface area contributed by atoms with Crippen LogP contribution in [0.15, 0.2) is 18.2 Å². The predicted octanol–water partition coefficient (Wildman–Crippen LogP) is 5.57. The smallest absolute Gasteiger partial charge is 0.480 e. The molecule has 11 heteroatoms. The maximum atomic E-state index is 12.4. The summed E-state index contributed by atoms with van der Waals surface area (Å²) >= 11 is 0. The summed E-state index contributed by atoms with van der Waals surface area (Å²) in [5.41, 5.74) is 4.66. The van der Waals surface area contributed by atoms with E-state index in [0.29, 0.717) is 5.56 Å². The number of ether oxygens (including phenoxy) is 5. The summed E-state index contributed by atoms with van der Waals surface area (Å²) in [5.74, 6) is -2.75. The molecule has 0 spiro atoms. The van der Waals surface area contributed by atoms with Crippen molar-refractivity contribution in [2.75, 3.05) is 0 Å². The van der Waals surface area contributed by atoms with Crippen LogP contribution in [0.1, 0.15) is 93.1 Å². The highest BCUT2D eigenvalue weighted by Gasteiger charge is 2.31. The first kappa shape index (κ1) is 33.7. The van der Waals surface area contributed by atoms with Gasteiger partial charge in [0.25, 0.3) is 0 Å². The Morgan fingerprint density at radius 2 is 1.41 bits per heavy atom. The molecule has 220 valence electrons. The first-order valence-electron chi connectivity index (χ1n) is 12.9. The van der Waals surface area contributed by atoms with Crippen LogP contribution in [0.4, 0.5) is 9.59 Å². The van der Waals surface area contributed by atoms with Crippen LogP contribution in [0.25, 0.3) is 0 Å². The predicted molar refractivity (Wildman–Crippen MR) is 143 cm³/mol. The molecule has 4 atom stereocenters. The van der Waals surface area contributed by atoms with Gasteiger partial charge in [0.15, 0.2) is 11.5 Å². The molecule has 11 nitrogen and oxygen atoms in total. The molecule has 39 heavy (non-hydrogen) atoms. The van der Waals surface area contributed by atoms with Gasteiger partial charge >= 0.3 is 24.2 Å². The van der Waals surface area contributed by atoms with Gasteiger partial charge in [0, 0.05) is 12.3 Å². The van der Waals surface area contributed by atoms with Gasteiger partial charge in [-0.25, -0.2) is 9.59 Å². The molecule has 3 unspecified atom stereocenters. The van der Waals surface area contributed by atoms with Gasteiger partial charge in [0.05, 0.1) is 6.10 Å². The third-order valence-corrected chi connectivity index (χ3v) is 5.41. The lowest BCUT2D eigenvalue weighted by Gasteiger charge is -2.26. The molecular formula is C28H43NO10. The van der Waals surface area contributed by atoms with Crippen molar-refractivity contribution in [2.45, 2.75) is 111 Å². The van der Waals surface area contributed by atoms with Crippen LogP contribution in [0.5, 0.6) is 11.5 Å². The minimum atomic E-state index is -1.38. The molecule has 0 aliphatic rings. The molecule has 1 aromatic carbocycles. The van der Waals surface area contributed by atoms with Gasteiger partial charge in [-0.1, -0.05) is 26.3 Å². The van der Waals surface area contributed by atoms with Crippen molar-refractivity contribution < 1.29 is 48.0 Å². The number of carboxylic acid groups (broad SMARTS) is 1. The SMILES string of the molecule is CCC(C)CC(=O)OC(C)CC(c1ccc(OC(=O)OC(C)(C)C)c(OC(=O)OC(C)(C)C)c1)[C@H](N)C(=O)O. The summed E-state index contributed by atoms with van der Waals surface area (Å²) in [5, 5.41) is 9.66. The summed E-state index contributed by atoms with van der Waals surface area (Å²) < 4.78 is 26.5. The quantitative estimate of drug-likeness (QED) is 0.200. The van der Waals surface area contributed by atoms with E-state index in [2.05, 4.69) is 0 Å². The molecule has 0 amide bonds. The van der Waals surface area contributed by atoms with Gasteiger partial charge in [-0.15, -0.1) is 0 Å². The van der Waals surface area contributed by atoms with E-state index in [-0.39, 0.29) is 30.3 Å². The molecule has 0 aliphatic carbocycles. The monoisotopic (exact) mass is 553 g/mol. The number of carboxylic acids is 1. The van der Waals surface area contributed by atoms with Crippen LogP contribution in [-0.2, 0) is 23.8 Å². The summed E-state index contributed by atoms with van der Waals surface area (Å²) in [6.07, 6.45) is -1.65. The highest BCUT2D eigenvalue weighted by molar-refractivity contribution is 5.75. The Morgan fingerprint density at radius 3 is 1.87 bits per heavy atom. The summed E-state index contributed by atoms with van der Waals surface area (Å²) in [4.78, 5) is 48.9. The second-order valence-corrected chi connectivity index (χ2v) is 11.6. The number of carbonyl (C=O) groups is 4. The number of hydrogen-bond acceptors (Lipinski definition) is 10. The number of carbonyl (C=O) groups excluding carboxylic acids is 3. The molecule has 0 saturated carbocycles. The molecule has 0 aromatic heterocycles. The number of hydrogen-bond donors (Lipinski definition) is 2. The second-order valence-electron chi connectivity index (χ2n) is 11.6. The van der Waals surface area contributed by atoms with Gasteiger partial charge in [0.2, 0.25) is 0 Å². The number of nitrogens with two attached hydrogens (primary N) is 1. The highest BCUT2D eigenvalue weighted by Crippen LogP contribution is 2.35. The molecule has 0 radical (unpaired) electrons. The van der Waals surface area contributed by atoms with Crippen molar-refractivity contribution in [3.63, 3.8) is 0 Å². The zero-order valence-electron chi connectivity index (χ0n) is 24.4. The van der Waals surface area contributed by atoms with Gasteiger partial charge < -0.3 is 34.5 Å². The second kappa shape index (κ2) is 14.2. The minimum Gasteiger partial charge on any atom is -0.480 e. The molecule has 0 heterocycles. The van der Waals surface area contributed by atoms with Crippen molar-refractivity contribution >= 4 is 24.2 Å². The molecule has 0 fully saturated rings. The molecule has 0 aliphatic heterocycles. The van der Waals surface area contributed by atoms with Gasteiger partial charge in [-0.2, -0.15) is 0 Å². The zero-order chi connectivity index (χ0) is 30.1. The summed E-state index contributed by atoms with van der Waals surface area (Å²) in [7, 11) is 0. The standard InChI is InChI=1S/C28H43NO10/c1-10-16(2)13-22(30)35-17(3)14-19(23(29)24(31)32)18-11-12-20(36-25(33)38-27(4,5)6)21(15-18)37-26(34)39-28(7,8)9/h11-12,15-17,19,23H,10,13-14,29H2,1-9H3,(H,31,32)/t16?,17?,19?,23-/m0/s1. The lowest BCUT2D eigenvalue weighted by molar-refractivity contribution is -0.149. The van der Waals surface area contributed by atoms with Crippen LogP contribution in [-0.4, -0.2) is 52.7 Å². The van der Waals surface area contributed by atoms with Gasteiger partial charge in [-0.05, 0) is 78.5 Å². The number of benzene rings is 1. The van der Waals surface area contributed by atoms with E-state index in [4.69, 9.17) is 29.4 Å². The maximum Gasteiger partial charge on any atom is 0.514 e. The van der Waals surface area contributed by atoms with Crippen LogP contribution >= 0.6 is 0 Å². The summed E-state index contributed by atoms with van der Waals surface area (Å²) in [6.45, 7) is 15.5. The molecule has 0 saturated heterocycles. The molecule has 1 aromatic rings. The minimum absolute atomic E-state index is 0.0673. The number of aliphatic carboxylic acids is 1. The third-order valence-electron chi connectivity index (χ3n) is 5.41. The van der Waals surface area contributed by atoms with Crippen LogP contribution < -0.4 is 15.2 Å². The Labute approximate surface area is 230 Å². The molecular weight excluding hydrogens is 510 g/mol. The lowest BCUT2D eigenvalue weighted by atomic mass is 9.87. The Hall–Kier alpha value is -3.34. The first-order valence-corrected chi connectivity index (χ1v) is 12.9. The van der Waals surface area contributed by atoms with Crippen molar-refractivity contribution in [3.05, 3.63) is 23.8 Å². The van der Waals surface area contributed by atoms with E-state index in [1.807, 2.05) is 13.8 Å². The van der Waals surface area contributed by atoms with Gasteiger partial charge in [0.1, 0.15) is 17.2 Å². The zero-order valence-corrected chi connectivity index (χ0v) is 24.4. The topological polar surface area (TPSA) is 161 Å². The van der Waals surface area contributed by atoms with E-state index in [9.17, 15) is 24.3 Å². The Bertz CT molecular complexity index is 1010. The van der Waals surface area contributed by atoms with Crippen molar-refractivity contribution in [1.29, 1.82) is 0 Å². The third kappa shape index (κ3) is 12.8.